The molecule has 21 heavy (non-hydrogen) atoms. The molecule has 2 unspecified atom stereocenters. The van der Waals surface area contributed by atoms with Gasteiger partial charge in [0, 0.05) is 17.2 Å². The maximum absolute atomic E-state index is 12.4. The van der Waals surface area contributed by atoms with E-state index < -0.39 is 6.04 Å². The standard InChI is InChI=1S/C15H16ClNO3S/c1-9-7-10(16)3-4-12(9)20-14(19)11-8-21-15(2)6-5-13(18)17(11)15/h3-4,7,11H,5-6,8H2,1-2H3. The minimum absolute atomic E-state index is 0.0391. The van der Waals surface area contributed by atoms with E-state index >= 15 is 0 Å². The zero-order valence-corrected chi connectivity index (χ0v) is 13.5. The normalized spacial score (nSPS) is 27.9. The van der Waals surface area contributed by atoms with Crippen LogP contribution in [0, 0.1) is 6.92 Å². The van der Waals surface area contributed by atoms with E-state index in [2.05, 4.69) is 0 Å². The van der Waals surface area contributed by atoms with Crippen LogP contribution in [-0.4, -0.2) is 33.4 Å². The summed E-state index contributed by atoms with van der Waals surface area (Å²) < 4.78 is 5.48. The van der Waals surface area contributed by atoms with Gasteiger partial charge in [0.1, 0.15) is 11.8 Å². The molecule has 4 nitrogen and oxygen atoms in total. The Labute approximate surface area is 132 Å². The molecule has 112 valence electrons. The monoisotopic (exact) mass is 325 g/mol. The molecule has 2 saturated heterocycles. The Kier molecular flexibility index (Phi) is 3.66. The second-order valence-electron chi connectivity index (χ2n) is 5.60. The fourth-order valence-corrected chi connectivity index (χ4v) is 4.54. The number of fused-ring (bicyclic) bond motifs is 1. The molecule has 0 saturated carbocycles. The largest absolute Gasteiger partial charge is 0.425 e. The second kappa shape index (κ2) is 5.21. The first-order valence-corrected chi connectivity index (χ1v) is 8.21. The highest BCUT2D eigenvalue weighted by molar-refractivity contribution is 8.01. The molecule has 0 radical (unpaired) electrons. The third-order valence-corrected chi connectivity index (χ3v) is 5.80. The Bertz CT molecular complexity index is 621. The number of ether oxygens (including phenoxy) is 1. The highest BCUT2D eigenvalue weighted by atomic mass is 35.5. The zero-order valence-electron chi connectivity index (χ0n) is 11.9. The van der Waals surface area contributed by atoms with Gasteiger partial charge in [0.25, 0.3) is 0 Å². The molecule has 1 amide bonds. The molecule has 1 aromatic rings. The fraction of sp³-hybridized carbons (Fsp3) is 0.467. The summed E-state index contributed by atoms with van der Waals surface area (Å²) in [4.78, 5) is 25.9. The van der Waals surface area contributed by atoms with Crippen molar-refractivity contribution in [2.75, 3.05) is 5.75 Å². The summed E-state index contributed by atoms with van der Waals surface area (Å²) in [5.41, 5.74) is 0.803. The molecule has 2 aliphatic heterocycles. The van der Waals surface area contributed by atoms with Gasteiger partial charge in [-0.05, 0) is 44.0 Å². The number of amides is 1. The van der Waals surface area contributed by atoms with Crippen LogP contribution in [0.1, 0.15) is 25.3 Å². The van der Waals surface area contributed by atoms with Crippen molar-refractivity contribution in [2.24, 2.45) is 0 Å². The lowest BCUT2D eigenvalue weighted by Crippen LogP contribution is -2.47. The molecule has 2 fully saturated rings. The molecule has 0 bridgehead atoms. The summed E-state index contributed by atoms with van der Waals surface area (Å²) >= 11 is 7.55. The van der Waals surface area contributed by atoms with Gasteiger partial charge in [0.15, 0.2) is 0 Å². The SMILES string of the molecule is Cc1cc(Cl)ccc1OC(=O)C1CSC2(C)CCC(=O)N12. The topological polar surface area (TPSA) is 46.6 Å². The van der Waals surface area contributed by atoms with E-state index in [1.807, 2.05) is 13.8 Å². The van der Waals surface area contributed by atoms with Crippen molar-refractivity contribution in [1.82, 2.24) is 4.90 Å². The second-order valence-corrected chi connectivity index (χ2v) is 7.53. The summed E-state index contributed by atoms with van der Waals surface area (Å²) in [5, 5.41) is 0.603. The Balaban J connectivity index is 1.78. The molecular weight excluding hydrogens is 310 g/mol. The number of esters is 1. The molecule has 0 aromatic heterocycles. The smallest absolute Gasteiger partial charge is 0.335 e. The lowest BCUT2D eigenvalue weighted by Gasteiger charge is -2.29. The van der Waals surface area contributed by atoms with Crippen LogP contribution in [0.2, 0.25) is 5.02 Å². The first kappa shape index (κ1) is 14.7. The van der Waals surface area contributed by atoms with E-state index in [4.69, 9.17) is 16.3 Å². The summed E-state index contributed by atoms with van der Waals surface area (Å²) in [5.74, 6) is 0.757. The highest BCUT2D eigenvalue weighted by Gasteiger charge is 2.53. The predicted molar refractivity (Wildman–Crippen MR) is 82.6 cm³/mol. The van der Waals surface area contributed by atoms with Crippen LogP contribution in [-0.2, 0) is 9.59 Å². The van der Waals surface area contributed by atoms with Crippen molar-refractivity contribution in [3.8, 4) is 5.75 Å². The summed E-state index contributed by atoms with van der Waals surface area (Å²) in [6.07, 6.45) is 1.30. The van der Waals surface area contributed by atoms with Crippen molar-refractivity contribution < 1.29 is 14.3 Å². The number of hydrogen-bond donors (Lipinski definition) is 0. The number of carbonyl (C=O) groups is 2. The molecule has 1 aromatic carbocycles. The highest BCUT2D eigenvalue weighted by Crippen LogP contribution is 2.47. The molecule has 6 heteroatoms. The fourth-order valence-electron chi connectivity index (χ4n) is 2.90. The minimum Gasteiger partial charge on any atom is -0.425 e. The van der Waals surface area contributed by atoms with Crippen molar-refractivity contribution in [3.05, 3.63) is 28.8 Å². The molecule has 0 N–H and O–H groups in total. The van der Waals surface area contributed by atoms with Gasteiger partial charge in [-0.2, -0.15) is 0 Å². The number of rotatable bonds is 2. The number of hydrogen-bond acceptors (Lipinski definition) is 4. The average Bonchev–Trinajstić information content (AvgIpc) is 2.90. The number of nitrogens with zero attached hydrogens (tertiary/aromatic N) is 1. The quantitative estimate of drug-likeness (QED) is 0.619. The van der Waals surface area contributed by atoms with E-state index in [-0.39, 0.29) is 16.7 Å². The van der Waals surface area contributed by atoms with Gasteiger partial charge in [-0.1, -0.05) is 11.6 Å². The number of carbonyl (C=O) groups excluding carboxylic acids is 2. The number of aryl methyl sites for hydroxylation is 1. The molecule has 3 rings (SSSR count). The summed E-state index contributed by atoms with van der Waals surface area (Å²) in [7, 11) is 0. The molecule has 0 aliphatic carbocycles. The Hall–Kier alpha value is -1.20. The lowest BCUT2D eigenvalue weighted by molar-refractivity contribution is -0.146. The molecule has 2 aliphatic rings. The van der Waals surface area contributed by atoms with Crippen LogP contribution < -0.4 is 4.74 Å². The zero-order chi connectivity index (χ0) is 15.2. The van der Waals surface area contributed by atoms with Gasteiger partial charge in [-0.3, -0.25) is 4.79 Å². The maximum atomic E-state index is 12.4. The predicted octanol–water partition coefficient (Wildman–Crippen LogP) is 3.01. The van der Waals surface area contributed by atoms with Crippen LogP contribution >= 0.6 is 23.4 Å². The van der Waals surface area contributed by atoms with Crippen molar-refractivity contribution in [1.29, 1.82) is 0 Å². The molecule has 2 atom stereocenters. The van der Waals surface area contributed by atoms with Gasteiger partial charge < -0.3 is 9.64 Å². The Morgan fingerprint density at radius 2 is 2.29 bits per heavy atom. The van der Waals surface area contributed by atoms with Crippen LogP contribution in [0.5, 0.6) is 5.75 Å². The number of halogens is 1. The van der Waals surface area contributed by atoms with E-state index in [0.717, 1.165) is 12.0 Å². The molecular formula is C15H16ClNO3S. The summed E-state index contributed by atoms with van der Waals surface area (Å²) in [6.45, 7) is 3.85. The average molecular weight is 326 g/mol. The van der Waals surface area contributed by atoms with Crippen LogP contribution in [0.15, 0.2) is 18.2 Å². The number of benzene rings is 1. The maximum Gasteiger partial charge on any atom is 0.335 e. The summed E-state index contributed by atoms with van der Waals surface area (Å²) in [6, 6.07) is 4.62. The van der Waals surface area contributed by atoms with Crippen LogP contribution in [0.4, 0.5) is 0 Å². The van der Waals surface area contributed by atoms with Gasteiger partial charge in [-0.25, -0.2) is 4.79 Å². The first-order chi connectivity index (χ1) is 9.90. The van der Waals surface area contributed by atoms with Crippen molar-refractivity contribution in [2.45, 2.75) is 37.6 Å². The first-order valence-electron chi connectivity index (χ1n) is 6.85. The molecule has 2 heterocycles. The van der Waals surface area contributed by atoms with E-state index in [0.29, 0.717) is 22.9 Å². The van der Waals surface area contributed by atoms with E-state index in [1.54, 1.807) is 34.9 Å². The lowest BCUT2D eigenvalue weighted by atomic mass is 10.2. The third-order valence-electron chi connectivity index (χ3n) is 4.06. The van der Waals surface area contributed by atoms with Crippen LogP contribution in [0.3, 0.4) is 0 Å². The Morgan fingerprint density at radius 3 is 3.00 bits per heavy atom. The van der Waals surface area contributed by atoms with Gasteiger partial charge in [0.2, 0.25) is 5.91 Å². The van der Waals surface area contributed by atoms with E-state index in [9.17, 15) is 9.59 Å². The van der Waals surface area contributed by atoms with Crippen molar-refractivity contribution in [3.63, 3.8) is 0 Å². The Morgan fingerprint density at radius 1 is 1.52 bits per heavy atom. The third kappa shape index (κ3) is 2.53. The van der Waals surface area contributed by atoms with Crippen LogP contribution in [0.25, 0.3) is 0 Å². The van der Waals surface area contributed by atoms with Gasteiger partial charge in [-0.15, -0.1) is 11.8 Å². The van der Waals surface area contributed by atoms with Gasteiger partial charge >= 0.3 is 5.97 Å². The number of thioether (sulfide) groups is 1. The molecule has 0 spiro atoms. The van der Waals surface area contributed by atoms with Gasteiger partial charge in [0.05, 0.1) is 4.87 Å². The minimum atomic E-state index is -0.495. The van der Waals surface area contributed by atoms with E-state index in [1.165, 1.54) is 0 Å². The van der Waals surface area contributed by atoms with Crippen molar-refractivity contribution >= 4 is 35.2 Å².